The highest BCUT2D eigenvalue weighted by Crippen LogP contribution is 2.30. The molecule has 14 heteroatoms. The van der Waals surface area contributed by atoms with Gasteiger partial charge in [-0.3, -0.25) is 4.79 Å². The normalized spacial score (nSPS) is 22.8. The van der Waals surface area contributed by atoms with Crippen LogP contribution in [0.5, 0.6) is 0 Å². The predicted octanol–water partition coefficient (Wildman–Crippen LogP) is 17.4. The molecule has 2 fully saturated rings. The lowest BCUT2D eigenvalue weighted by Gasteiger charge is -2.46. The van der Waals surface area contributed by atoms with Crippen LogP contribution in [0.1, 0.15) is 335 Å². The third kappa shape index (κ3) is 46.7. The number of rotatable bonds is 65. The van der Waals surface area contributed by atoms with Crippen molar-refractivity contribution in [3.8, 4) is 0 Å². The molecule has 12 unspecified atom stereocenters. The molecule has 2 heterocycles. The van der Waals surface area contributed by atoms with Gasteiger partial charge in [0.1, 0.15) is 48.8 Å². The summed E-state index contributed by atoms with van der Waals surface area (Å²) in [5, 5.41) is 87.7. The minimum absolute atomic E-state index is 0.237. The second-order valence-corrected chi connectivity index (χ2v) is 27.5. The molecule has 9 N–H and O–H groups in total. The summed E-state index contributed by atoms with van der Waals surface area (Å²) in [7, 11) is 0. The van der Waals surface area contributed by atoms with Crippen molar-refractivity contribution >= 4 is 5.91 Å². The zero-order valence-electron chi connectivity index (χ0n) is 60.0. The Hall–Kier alpha value is -2.57. The number of amides is 1. The molecule has 12 atom stereocenters. The summed E-state index contributed by atoms with van der Waals surface area (Å²) in [6, 6.07) is -0.920. The Morgan fingerprint density at radius 2 is 0.734 bits per heavy atom. The van der Waals surface area contributed by atoms with E-state index in [9.17, 15) is 45.6 Å². The molecule has 0 bridgehead atoms. The van der Waals surface area contributed by atoms with E-state index in [1.54, 1.807) is 6.08 Å². The number of aliphatic hydroxyl groups excluding tert-OH is 8. The maximum atomic E-state index is 13.4. The van der Waals surface area contributed by atoms with Gasteiger partial charge in [0.05, 0.1) is 32.0 Å². The minimum atomic E-state index is -1.79. The second kappa shape index (κ2) is 63.8. The summed E-state index contributed by atoms with van der Waals surface area (Å²) in [6.45, 7) is 2.73. The molecular formula is C80H145NO13. The predicted molar refractivity (Wildman–Crippen MR) is 387 cm³/mol. The van der Waals surface area contributed by atoms with Crippen molar-refractivity contribution in [2.24, 2.45) is 0 Å². The van der Waals surface area contributed by atoms with Gasteiger partial charge in [-0.15, -0.1) is 0 Å². The molecule has 14 nitrogen and oxygen atoms in total. The molecule has 2 aliphatic rings. The molecule has 2 aliphatic heterocycles. The minimum Gasteiger partial charge on any atom is -0.394 e. The van der Waals surface area contributed by atoms with Gasteiger partial charge in [-0.25, -0.2) is 0 Å². The molecular weight excluding hydrogens is 1180 g/mol. The van der Waals surface area contributed by atoms with Crippen molar-refractivity contribution < 1.29 is 64.6 Å². The summed E-state index contributed by atoms with van der Waals surface area (Å²) >= 11 is 0. The number of allylic oxidation sites excluding steroid dienone is 11. The van der Waals surface area contributed by atoms with Gasteiger partial charge < -0.3 is 65.1 Å². The SMILES string of the molecule is CC/C=C\C/C=C\C/C=C\C/C=C\C/C=C\CCCCCCCCCCCCCCCCCC(=O)NC(COC1OC(CO)C(OC2OC(CO)C(O)C(O)C2O)C(O)C1O)C(O)/C=C/CCCCCCCCCCCCCCCCCCCCCCCCCCCCC. The van der Waals surface area contributed by atoms with E-state index in [-0.39, 0.29) is 18.9 Å². The smallest absolute Gasteiger partial charge is 0.220 e. The monoisotopic (exact) mass is 1330 g/mol. The van der Waals surface area contributed by atoms with Gasteiger partial charge in [0.15, 0.2) is 12.6 Å². The number of nitrogens with one attached hydrogen (secondary N) is 1. The zero-order valence-corrected chi connectivity index (χ0v) is 60.0. The summed E-state index contributed by atoms with van der Waals surface area (Å²) in [4.78, 5) is 13.4. The van der Waals surface area contributed by atoms with Crippen molar-refractivity contribution in [3.63, 3.8) is 0 Å². The quantitative estimate of drug-likeness (QED) is 0.0204. The van der Waals surface area contributed by atoms with Gasteiger partial charge in [-0.2, -0.15) is 0 Å². The Kier molecular flexibility index (Phi) is 59.4. The second-order valence-electron chi connectivity index (χ2n) is 27.5. The van der Waals surface area contributed by atoms with Crippen LogP contribution >= 0.6 is 0 Å². The van der Waals surface area contributed by atoms with Crippen molar-refractivity contribution in [1.82, 2.24) is 5.32 Å². The van der Waals surface area contributed by atoms with E-state index in [1.807, 2.05) is 6.08 Å². The molecule has 0 spiro atoms. The molecule has 0 radical (unpaired) electrons. The highest BCUT2D eigenvalue weighted by molar-refractivity contribution is 5.76. The third-order valence-electron chi connectivity index (χ3n) is 18.9. The van der Waals surface area contributed by atoms with Crippen LogP contribution in [0.15, 0.2) is 72.9 Å². The molecule has 0 aliphatic carbocycles. The molecule has 1 amide bonds. The van der Waals surface area contributed by atoms with Crippen molar-refractivity contribution in [2.75, 3.05) is 19.8 Å². The Morgan fingerprint density at radius 1 is 0.394 bits per heavy atom. The molecule has 94 heavy (non-hydrogen) atoms. The lowest BCUT2D eigenvalue weighted by molar-refractivity contribution is -0.359. The number of hydrogen-bond acceptors (Lipinski definition) is 13. The Morgan fingerprint density at radius 3 is 1.13 bits per heavy atom. The molecule has 548 valence electrons. The van der Waals surface area contributed by atoms with Crippen LogP contribution < -0.4 is 5.32 Å². The molecule has 0 aromatic rings. The van der Waals surface area contributed by atoms with Gasteiger partial charge in [0.25, 0.3) is 0 Å². The largest absolute Gasteiger partial charge is 0.394 e. The fraction of sp³-hybridized carbons (Fsp3) is 0.838. The number of hydrogen-bond donors (Lipinski definition) is 9. The summed E-state index contributed by atoms with van der Waals surface area (Å²) < 4.78 is 22.9. The van der Waals surface area contributed by atoms with Crippen LogP contribution in [0, 0.1) is 0 Å². The van der Waals surface area contributed by atoms with Gasteiger partial charge in [0.2, 0.25) is 5.91 Å². The molecule has 0 aromatic heterocycles. The lowest BCUT2D eigenvalue weighted by Crippen LogP contribution is -2.65. The van der Waals surface area contributed by atoms with Crippen LogP contribution in [0.2, 0.25) is 0 Å². The number of aliphatic hydroxyl groups is 8. The molecule has 2 rings (SSSR count). The maximum absolute atomic E-state index is 13.4. The van der Waals surface area contributed by atoms with E-state index in [2.05, 4.69) is 79.9 Å². The topological polar surface area (TPSA) is 228 Å². The van der Waals surface area contributed by atoms with Crippen LogP contribution in [0.4, 0.5) is 0 Å². The first-order valence-corrected chi connectivity index (χ1v) is 39.2. The average molecular weight is 1330 g/mol. The molecule has 2 saturated heterocycles. The first-order chi connectivity index (χ1) is 46.1. The van der Waals surface area contributed by atoms with E-state index in [4.69, 9.17) is 18.9 Å². The van der Waals surface area contributed by atoms with E-state index in [1.165, 1.54) is 238 Å². The maximum Gasteiger partial charge on any atom is 0.220 e. The number of unbranched alkanes of at least 4 members (excludes halogenated alkanes) is 42. The first kappa shape index (κ1) is 87.5. The highest BCUT2D eigenvalue weighted by Gasteiger charge is 2.51. The molecule has 0 saturated carbocycles. The van der Waals surface area contributed by atoms with E-state index in [0.717, 1.165) is 70.6 Å². The van der Waals surface area contributed by atoms with E-state index >= 15 is 0 Å². The number of carbonyl (C=O) groups is 1. The van der Waals surface area contributed by atoms with Crippen LogP contribution in [-0.2, 0) is 23.7 Å². The Bertz CT molecular complexity index is 1860. The van der Waals surface area contributed by atoms with E-state index < -0.39 is 86.8 Å². The standard InChI is InChI=1S/C80H145NO13/c1-3-5-7-9-11-13-15-17-19-21-23-25-27-29-31-33-34-36-38-40-42-44-46-48-50-52-54-56-58-60-62-64-72(85)81-68(67-91-79-77(90)75(88)78(71(66-83)93-79)94-80-76(89)74(87)73(86)70(65-82)92-80)69(84)63-61-59-57-55-53-51-49-47-45-43-41-39-37-35-32-30-28-26-24-22-20-18-16-14-12-10-8-6-4-2/h5,7,11,13,17,19,23,25,29,31,61,63,68-71,73-80,82-84,86-90H,3-4,6,8-10,12,14-16,18,20-22,24,26-28,30,32-60,62,64-67H2,1-2H3,(H,81,85)/b7-5-,13-11-,19-17-,25-23-,31-29-,63-61+. The van der Waals surface area contributed by atoms with Gasteiger partial charge in [-0.05, 0) is 64.2 Å². The third-order valence-corrected chi connectivity index (χ3v) is 18.9. The number of ether oxygens (including phenoxy) is 4. The van der Waals surface area contributed by atoms with E-state index in [0.29, 0.717) is 6.42 Å². The van der Waals surface area contributed by atoms with Crippen molar-refractivity contribution in [1.29, 1.82) is 0 Å². The zero-order chi connectivity index (χ0) is 68.0. The van der Waals surface area contributed by atoms with Crippen molar-refractivity contribution in [3.05, 3.63) is 72.9 Å². The fourth-order valence-corrected chi connectivity index (χ4v) is 12.7. The van der Waals surface area contributed by atoms with Crippen LogP contribution in [-0.4, -0.2) is 140 Å². The average Bonchev–Trinajstić information content (AvgIpc) is 0.794. The summed E-state index contributed by atoms with van der Waals surface area (Å²) in [6.07, 6.45) is 71.1. The highest BCUT2D eigenvalue weighted by atomic mass is 16.7. The summed E-state index contributed by atoms with van der Waals surface area (Å²) in [5.74, 6) is -0.237. The van der Waals surface area contributed by atoms with Gasteiger partial charge in [-0.1, -0.05) is 337 Å². The fourth-order valence-electron chi connectivity index (χ4n) is 12.7. The van der Waals surface area contributed by atoms with Crippen LogP contribution in [0.25, 0.3) is 0 Å². The van der Waals surface area contributed by atoms with Gasteiger partial charge >= 0.3 is 0 Å². The number of carbonyl (C=O) groups excluding carboxylic acids is 1. The molecule has 0 aromatic carbocycles. The Labute approximate surface area is 574 Å². The van der Waals surface area contributed by atoms with Gasteiger partial charge in [0, 0.05) is 6.42 Å². The Balaban J connectivity index is 1.63. The van der Waals surface area contributed by atoms with Crippen LogP contribution in [0.3, 0.4) is 0 Å². The van der Waals surface area contributed by atoms with Crippen molar-refractivity contribution in [2.45, 2.75) is 408 Å². The summed E-state index contributed by atoms with van der Waals surface area (Å²) in [5.41, 5.74) is 0. The lowest BCUT2D eigenvalue weighted by atomic mass is 9.97. The first-order valence-electron chi connectivity index (χ1n) is 39.2.